The van der Waals surface area contributed by atoms with Crippen molar-refractivity contribution in [1.82, 2.24) is 14.9 Å². The van der Waals surface area contributed by atoms with E-state index in [1.807, 2.05) is 32.9 Å². The van der Waals surface area contributed by atoms with Crippen molar-refractivity contribution in [2.24, 2.45) is 0 Å². The number of nitrogens with one attached hydrogen (secondary N) is 1. The van der Waals surface area contributed by atoms with Crippen LogP contribution in [0.25, 0.3) is 0 Å². The van der Waals surface area contributed by atoms with Crippen LogP contribution in [0.1, 0.15) is 91.7 Å². The molecule has 1 aromatic carbocycles. The number of likely N-dealkylation sites (tertiary alicyclic amines) is 1. The van der Waals surface area contributed by atoms with Gasteiger partial charge in [-0.25, -0.2) is 9.18 Å². The third-order valence-electron chi connectivity index (χ3n) is 8.03. The number of anilines is 2. The molecule has 2 aliphatic heterocycles. The average molecular weight is 560 g/mol. The van der Waals surface area contributed by atoms with Gasteiger partial charge >= 0.3 is 6.09 Å². The monoisotopic (exact) mass is 559 g/mol. The summed E-state index contributed by atoms with van der Waals surface area (Å²) in [6.45, 7) is 9.40. The number of rotatable bonds is 6. The fourth-order valence-electron chi connectivity index (χ4n) is 5.62. The van der Waals surface area contributed by atoms with E-state index in [9.17, 15) is 9.18 Å². The Balaban J connectivity index is 1.16. The normalized spacial score (nSPS) is 18.8. The van der Waals surface area contributed by atoms with E-state index in [0.29, 0.717) is 37.7 Å². The van der Waals surface area contributed by atoms with Crippen LogP contribution >= 0.6 is 0 Å². The molecule has 1 atom stereocenters. The zero-order valence-corrected chi connectivity index (χ0v) is 24.2. The van der Waals surface area contributed by atoms with E-state index < -0.39 is 11.7 Å². The zero-order chi connectivity index (χ0) is 28.9. The second kappa shape index (κ2) is 10.5. The quantitative estimate of drug-likeness (QED) is 0.360. The third kappa shape index (κ3) is 5.80. The largest absolute Gasteiger partial charge is 0.484 e. The molecular weight excluding hydrogens is 521 g/mol. The van der Waals surface area contributed by atoms with Crippen LogP contribution in [0, 0.1) is 12.7 Å². The number of ether oxygens (including phenoxy) is 2. The maximum atomic E-state index is 14.4. The molecule has 2 aromatic heterocycles. The standard InChI is InChI=1S/C32H38FN5O3/c1-18-12-20-9-10-27(30-23(33)6-5-11-35-30)40-28(20)14-25(18)36-15-22-24(34)13-26(37-29(22)19-7-8-19)21-16-38(17-21)31(39)41-32(2,3)4/h5-6,11-14,19,21,27,36H,7-10,15-17H2,1-4H3,(H2,34,37). The number of pyridine rings is 2. The summed E-state index contributed by atoms with van der Waals surface area (Å²) in [6, 6.07) is 9.13. The van der Waals surface area contributed by atoms with Gasteiger partial charge in [0.1, 0.15) is 29.0 Å². The first-order valence-corrected chi connectivity index (χ1v) is 14.5. The number of nitrogens with zero attached hydrogens (tertiary/aromatic N) is 3. The van der Waals surface area contributed by atoms with E-state index in [0.717, 1.165) is 64.5 Å². The Morgan fingerprint density at radius 1 is 1.17 bits per heavy atom. The van der Waals surface area contributed by atoms with Crippen LogP contribution in [-0.4, -0.2) is 39.7 Å². The minimum atomic E-state index is -0.514. The number of aromatic nitrogens is 2. The summed E-state index contributed by atoms with van der Waals surface area (Å²) < 4.78 is 26.1. The Bertz CT molecular complexity index is 1480. The molecule has 3 aromatic rings. The van der Waals surface area contributed by atoms with E-state index in [4.69, 9.17) is 20.2 Å². The number of nitrogens with two attached hydrogens (primary N) is 1. The molecule has 8 nitrogen and oxygen atoms in total. The van der Waals surface area contributed by atoms with Crippen LogP contribution in [0.15, 0.2) is 36.5 Å². The summed E-state index contributed by atoms with van der Waals surface area (Å²) in [5.41, 5.74) is 13.4. The molecule has 3 N–H and O–H groups in total. The van der Waals surface area contributed by atoms with Gasteiger partial charge in [-0.1, -0.05) is 6.07 Å². The van der Waals surface area contributed by atoms with Gasteiger partial charge in [-0.15, -0.1) is 0 Å². The third-order valence-corrected chi connectivity index (χ3v) is 8.03. The summed E-state index contributed by atoms with van der Waals surface area (Å²) in [5, 5.41) is 3.57. The number of aryl methyl sites for hydroxylation is 2. The number of benzene rings is 1. The molecule has 216 valence electrons. The van der Waals surface area contributed by atoms with Crippen molar-refractivity contribution >= 4 is 17.5 Å². The number of fused-ring (bicyclic) bond motifs is 1. The number of carbonyl (C=O) groups is 1. The summed E-state index contributed by atoms with van der Waals surface area (Å²) >= 11 is 0. The van der Waals surface area contributed by atoms with Crippen molar-refractivity contribution in [3.63, 3.8) is 0 Å². The van der Waals surface area contributed by atoms with Crippen molar-refractivity contribution in [3.8, 4) is 5.75 Å². The highest BCUT2D eigenvalue weighted by atomic mass is 19.1. The van der Waals surface area contributed by atoms with Crippen LogP contribution in [0.3, 0.4) is 0 Å². The van der Waals surface area contributed by atoms with Crippen LogP contribution in [0.2, 0.25) is 0 Å². The second-order valence-electron chi connectivity index (χ2n) is 12.5. The number of hydrogen-bond acceptors (Lipinski definition) is 7. The number of hydrogen-bond donors (Lipinski definition) is 2. The van der Waals surface area contributed by atoms with Crippen LogP contribution in [0.5, 0.6) is 5.75 Å². The van der Waals surface area contributed by atoms with E-state index in [1.165, 1.54) is 6.07 Å². The van der Waals surface area contributed by atoms with Crippen molar-refractivity contribution in [2.75, 3.05) is 24.1 Å². The van der Waals surface area contributed by atoms with E-state index >= 15 is 0 Å². The molecule has 9 heteroatoms. The van der Waals surface area contributed by atoms with E-state index in [-0.39, 0.29) is 17.8 Å². The molecular formula is C32H38FN5O3. The molecule has 1 saturated carbocycles. The average Bonchev–Trinajstić information content (AvgIpc) is 3.72. The van der Waals surface area contributed by atoms with Gasteiger partial charge in [0.05, 0.1) is 5.69 Å². The Morgan fingerprint density at radius 2 is 1.95 bits per heavy atom. The van der Waals surface area contributed by atoms with E-state index in [1.54, 1.807) is 17.2 Å². The van der Waals surface area contributed by atoms with Gasteiger partial charge in [-0.2, -0.15) is 0 Å². The maximum absolute atomic E-state index is 14.4. The molecule has 1 unspecified atom stereocenters. The van der Waals surface area contributed by atoms with Gasteiger partial charge in [-0.3, -0.25) is 9.97 Å². The first-order chi connectivity index (χ1) is 19.6. The predicted octanol–water partition coefficient (Wildman–Crippen LogP) is 6.40. The Hall–Kier alpha value is -3.88. The number of carbonyl (C=O) groups excluding carboxylic acids is 1. The minimum absolute atomic E-state index is 0.154. The van der Waals surface area contributed by atoms with Crippen LogP contribution < -0.4 is 15.8 Å². The lowest BCUT2D eigenvalue weighted by molar-refractivity contribution is 0.00786. The predicted molar refractivity (Wildman–Crippen MR) is 156 cm³/mol. The molecule has 41 heavy (non-hydrogen) atoms. The summed E-state index contributed by atoms with van der Waals surface area (Å²) in [5.74, 6) is 0.979. The maximum Gasteiger partial charge on any atom is 0.410 e. The molecule has 1 amide bonds. The van der Waals surface area contributed by atoms with Gasteiger partial charge in [-0.05, 0) is 82.7 Å². The highest BCUT2D eigenvalue weighted by Crippen LogP contribution is 2.44. The topological polar surface area (TPSA) is 103 Å². The molecule has 6 rings (SSSR count). The van der Waals surface area contributed by atoms with Gasteiger partial charge in [0.2, 0.25) is 0 Å². The zero-order valence-electron chi connectivity index (χ0n) is 24.2. The molecule has 1 aliphatic carbocycles. The molecule has 0 spiro atoms. The number of halogens is 1. The van der Waals surface area contributed by atoms with Gasteiger partial charge < -0.3 is 25.4 Å². The summed E-state index contributed by atoms with van der Waals surface area (Å²) in [7, 11) is 0. The first kappa shape index (κ1) is 27.3. The Kier molecular flexibility index (Phi) is 6.99. The van der Waals surface area contributed by atoms with E-state index in [2.05, 4.69) is 23.3 Å². The fourth-order valence-corrected chi connectivity index (χ4v) is 5.62. The summed E-state index contributed by atoms with van der Waals surface area (Å²) in [6.07, 6.45) is 4.60. The lowest BCUT2D eigenvalue weighted by Crippen LogP contribution is -2.50. The second-order valence-corrected chi connectivity index (χ2v) is 12.5. The Labute approximate surface area is 240 Å². The lowest BCUT2D eigenvalue weighted by Gasteiger charge is -2.39. The fraction of sp³-hybridized carbons (Fsp3) is 0.469. The van der Waals surface area contributed by atoms with Crippen molar-refractivity contribution in [1.29, 1.82) is 0 Å². The van der Waals surface area contributed by atoms with Gasteiger partial charge in [0, 0.05) is 66.4 Å². The smallest absolute Gasteiger partial charge is 0.410 e. The van der Waals surface area contributed by atoms with Gasteiger partial charge in [0.15, 0.2) is 0 Å². The minimum Gasteiger partial charge on any atom is -0.484 e. The highest BCUT2D eigenvalue weighted by Gasteiger charge is 2.37. The molecule has 3 aliphatic rings. The van der Waals surface area contributed by atoms with Crippen LogP contribution in [0.4, 0.5) is 20.6 Å². The molecule has 0 radical (unpaired) electrons. The first-order valence-electron chi connectivity index (χ1n) is 14.5. The number of amides is 1. The van der Waals surface area contributed by atoms with Crippen molar-refractivity contribution < 1.29 is 18.7 Å². The van der Waals surface area contributed by atoms with Gasteiger partial charge in [0.25, 0.3) is 0 Å². The lowest BCUT2D eigenvalue weighted by atomic mass is 9.94. The molecule has 2 fully saturated rings. The molecule has 0 bridgehead atoms. The number of nitrogen functional groups attached to an aromatic ring is 1. The van der Waals surface area contributed by atoms with Crippen molar-refractivity contribution in [2.45, 2.75) is 83.5 Å². The highest BCUT2D eigenvalue weighted by molar-refractivity contribution is 5.69. The SMILES string of the molecule is Cc1cc2c(cc1NCc1c(N)cc(C3CN(C(=O)OC(C)(C)C)C3)nc1C1CC1)OC(c1ncccc1F)CC2. The van der Waals surface area contributed by atoms with Crippen molar-refractivity contribution in [3.05, 3.63) is 76.1 Å². The Morgan fingerprint density at radius 3 is 2.66 bits per heavy atom. The van der Waals surface area contributed by atoms with Crippen LogP contribution in [-0.2, 0) is 17.7 Å². The summed E-state index contributed by atoms with van der Waals surface area (Å²) in [4.78, 5) is 23.4. The molecule has 4 heterocycles. The molecule has 1 saturated heterocycles.